The molecule has 0 spiro atoms. The smallest absolute Gasteiger partial charge is 0.309 e. The predicted molar refractivity (Wildman–Crippen MR) is 62.7 cm³/mol. The van der Waals surface area contributed by atoms with Gasteiger partial charge in [-0.05, 0) is 20.8 Å². The van der Waals surface area contributed by atoms with Gasteiger partial charge in [-0.15, -0.1) is 0 Å². The molecule has 0 unspecified atom stereocenters. The van der Waals surface area contributed by atoms with Crippen LogP contribution in [0.1, 0.15) is 40.0 Å². The summed E-state index contributed by atoms with van der Waals surface area (Å²) in [4.78, 5) is 11.6. The molecule has 0 radical (unpaired) electrons. The Balaban J connectivity index is 2.63. The first-order valence-corrected chi connectivity index (χ1v) is 6.01. The predicted octanol–water partition coefficient (Wildman–Crippen LogP) is -0.674. The van der Waals surface area contributed by atoms with Crippen LogP contribution in [0.15, 0.2) is 0 Å². The maximum absolute atomic E-state index is 11.6. The summed E-state index contributed by atoms with van der Waals surface area (Å²) in [6, 6.07) is 0. The lowest BCUT2D eigenvalue weighted by molar-refractivity contribution is -0.177. The Labute approximate surface area is 106 Å². The molecular weight excluding hydrogens is 240 g/mol. The van der Waals surface area contributed by atoms with Crippen molar-refractivity contribution < 1.29 is 30.0 Å². The fourth-order valence-corrected chi connectivity index (χ4v) is 2.15. The van der Waals surface area contributed by atoms with Crippen LogP contribution in [0.4, 0.5) is 0 Å². The summed E-state index contributed by atoms with van der Waals surface area (Å²) in [6.07, 6.45) is -4.42. The number of esters is 1. The van der Waals surface area contributed by atoms with Crippen molar-refractivity contribution in [1.82, 2.24) is 0 Å². The molecule has 0 heterocycles. The van der Waals surface area contributed by atoms with E-state index in [-0.39, 0.29) is 19.3 Å². The van der Waals surface area contributed by atoms with Crippen LogP contribution in [-0.4, -0.2) is 55.9 Å². The summed E-state index contributed by atoms with van der Waals surface area (Å²) in [5.74, 6) is -0.596. The van der Waals surface area contributed by atoms with E-state index in [4.69, 9.17) is 4.74 Å². The van der Waals surface area contributed by atoms with Crippen LogP contribution < -0.4 is 0 Å². The van der Waals surface area contributed by atoms with E-state index in [2.05, 4.69) is 0 Å². The van der Waals surface area contributed by atoms with Gasteiger partial charge >= 0.3 is 5.97 Å². The molecule has 1 saturated carbocycles. The van der Waals surface area contributed by atoms with E-state index in [1.165, 1.54) is 0 Å². The van der Waals surface area contributed by atoms with Crippen molar-refractivity contribution in [3.8, 4) is 0 Å². The van der Waals surface area contributed by atoms with Gasteiger partial charge in [0.2, 0.25) is 0 Å². The van der Waals surface area contributed by atoms with Crippen molar-refractivity contribution in [1.29, 1.82) is 0 Å². The molecule has 4 N–H and O–H groups in total. The van der Waals surface area contributed by atoms with Crippen LogP contribution in [0.3, 0.4) is 0 Å². The highest BCUT2D eigenvalue weighted by Crippen LogP contribution is 2.32. The summed E-state index contributed by atoms with van der Waals surface area (Å²) >= 11 is 0. The average Bonchev–Trinajstić information content (AvgIpc) is 2.09. The number of hydrogen-bond donors (Lipinski definition) is 4. The number of hydrogen-bond acceptors (Lipinski definition) is 6. The standard InChI is InChI=1S/C12H22O6/c1-11(2,3)18-9(15)6-12(17)4-7(13)10(16)8(14)5-12/h7-8,10,13-14,16-17H,4-6H2,1-3H3/t7-,8-,10?,12?/m1/s1. The van der Waals surface area contributed by atoms with Gasteiger partial charge in [-0.2, -0.15) is 0 Å². The monoisotopic (exact) mass is 262 g/mol. The maximum atomic E-state index is 11.6. The Bertz CT molecular complexity index is 296. The second kappa shape index (κ2) is 5.13. The fraction of sp³-hybridized carbons (Fsp3) is 0.917. The third-order valence-electron chi connectivity index (χ3n) is 2.86. The summed E-state index contributed by atoms with van der Waals surface area (Å²) < 4.78 is 5.08. The van der Waals surface area contributed by atoms with Crippen LogP contribution in [0.25, 0.3) is 0 Å². The Hall–Kier alpha value is -0.690. The van der Waals surface area contributed by atoms with E-state index < -0.39 is 35.5 Å². The van der Waals surface area contributed by atoms with Gasteiger partial charge in [-0.1, -0.05) is 0 Å². The summed E-state index contributed by atoms with van der Waals surface area (Å²) in [5.41, 5.74) is -2.20. The highest BCUT2D eigenvalue weighted by atomic mass is 16.6. The number of aliphatic hydroxyl groups excluding tert-OH is 3. The van der Waals surface area contributed by atoms with Gasteiger partial charge in [0.15, 0.2) is 0 Å². The second-order valence-electron chi connectivity index (χ2n) is 6.02. The summed E-state index contributed by atoms with van der Waals surface area (Å²) in [6.45, 7) is 5.13. The van der Waals surface area contributed by atoms with Gasteiger partial charge in [-0.25, -0.2) is 0 Å². The molecule has 18 heavy (non-hydrogen) atoms. The molecule has 0 bridgehead atoms. The molecule has 0 aliphatic heterocycles. The second-order valence-corrected chi connectivity index (χ2v) is 6.02. The number of carbonyl (C=O) groups is 1. The molecule has 0 aromatic carbocycles. The molecule has 1 rings (SSSR count). The number of rotatable bonds is 2. The molecule has 1 fully saturated rings. The first-order chi connectivity index (χ1) is 8.02. The number of ether oxygens (including phenoxy) is 1. The number of aliphatic hydroxyl groups is 4. The largest absolute Gasteiger partial charge is 0.460 e. The van der Waals surface area contributed by atoms with Gasteiger partial charge in [0.25, 0.3) is 0 Å². The fourth-order valence-electron chi connectivity index (χ4n) is 2.15. The Morgan fingerprint density at radius 1 is 1.22 bits per heavy atom. The van der Waals surface area contributed by atoms with Crippen LogP contribution in [-0.2, 0) is 9.53 Å². The Kier molecular flexibility index (Phi) is 4.38. The normalized spacial score (nSPS) is 37.4. The van der Waals surface area contributed by atoms with Crippen LogP contribution in [0, 0.1) is 0 Å². The lowest BCUT2D eigenvalue weighted by atomic mass is 9.78. The minimum atomic E-state index is -1.54. The van der Waals surface area contributed by atoms with Crippen molar-refractivity contribution in [2.45, 2.75) is 69.5 Å². The summed E-state index contributed by atoms with van der Waals surface area (Å²) in [7, 11) is 0. The molecule has 106 valence electrons. The third-order valence-corrected chi connectivity index (χ3v) is 2.86. The van der Waals surface area contributed by atoms with Crippen molar-refractivity contribution in [2.75, 3.05) is 0 Å². The zero-order valence-corrected chi connectivity index (χ0v) is 11.0. The molecule has 0 aromatic heterocycles. The third kappa shape index (κ3) is 4.20. The lowest BCUT2D eigenvalue weighted by Gasteiger charge is -2.40. The zero-order valence-electron chi connectivity index (χ0n) is 11.0. The van der Waals surface area contributed by atoms with Crippen LogP contribution in [0.5, 0.6) is 0 Å². The quantitative estimate of drug-likeness (QED) is 0.491. The highest BCUT2D eigenvalue weighted by Gasteiger charge is 2.45. The van der Waals surface area contributed by atoms with Gasteiger partial charge in [0.1, 0.15) is 11.7 Å². The van der Waals surface area contributed by atoms with Gasteiger partial charge in [0.05, 0.1) is 24.2 Å². The maximum Gasteiger partial charge on any atom is 0.309 e. The van der Waals surface area contributed by atoms with E-state index in [0.717, 1.165) is 0 Å². The summed E-state index contributed by atoms with van der Waals surface area (Å²) in [5, 5.41) is 38.6. The molecule has 1 aliphatic carbocycles. The van der Waals surface area contributed by atoms with E-state index in [1.807, 2.05) is 0 Å². The molecule has 0 aromatic rings. The van der Waals surface area contributed by atoms with E-state index in [1.54, 1.807) is 20.8 Å². The lowest BCUT2D eigenvalue weighted by Crippen LogP contribution is -2.53. The van der Waals surface area contributed by atoms with Gasteiger partial charge in [0, 0.05) is 12.8 Å². The van der Waals surface area contributed by atoms with E-state index in [0.29, 0.717) is 0 Å². The van der Waals surface area contributed by atoms with Crippen molar-refractivity contribution >= 4 is 5.97 Å². The van der Waals surface area contributed by atoms with Gasteiger partial charge < -0.3 is 25.2 Å². The molecule has 2 atom stereocenters. The number of carbonyl (C=O) groups excluding carboxylic acids is 1. The van der Waals surface area contributed by atoms with Crippen LogP contribution in [0.2, 0.25) is 0 Å². The van der Waals surface area contributed by atoms with Crippen molar-refractivity contribution in [3.63, 3.8) is 0 Å². The van der Waals surface area contributed by atoms with Gasteiger partial charge in [-0.3, -0.25) is 4.79 Å². The molecule has 6 heteroatoms. The zero-order chi connectivity index (χ0) is 14.1. The first kappa shape index (κ1) is 15.4. The van der Waals surface area contributed by atoms with Crippen molar-refractivity contribution in [2.24, 2.45) is 0 Å². The van der Waals surface area contributed by atoms with Crippen LogP contribution >= 0.6 is 0 Å². The molecule has 0 amide bonds. The van der Waals surface area contributed by atoms with E-state index in [9.17, 15) is 25.2 Å². The molecular formula is C12H22O6. The molecule has 1 aliphatic rings. The first-order valence-electron chi connectivity index (χ1n) is 6.01. The molecule has 0 saturated heterocycles. The topological polar surface area (TPSA) is 107 Å². The Morgan fingerprint density at radius 2 is 1.67 bits per heavy atom. The minimum Gasteiger partial charge on any atom is -0.460 e. The minimum absolute atomic E-state index is 0.162. The average molecular weight is 262 g/mol. The SMILES string of the molecule is CC(C)(C)OC(=O)CC1(O)C[C@@H](O)C(O)[C@H](O)C1. The highest BCUT2D eigenvalue weighted by molar-refractivity contribution is 5.71. The van der Waals surface area contributed by atoms with Crippen molar-refractivity contribution in [3.05, 3.63) is 0 Å². The molecule has 6 nitrogen and oxygen atoms in total. The van der Waals surface area contributed by atoms with E-state index >= 15 is 0 Å². The Morgan fingerprint density at radius 3 is 2.06 bits per heavy atom.